The molecule has 0 aliphatic carbocycles. The summed E-state index contributed by atoms with van der Waals surface area (Å²) in [6, 6.07) is 3.41. The average molecular weight is 300 g/mol. The predicted octanol–water partition coefficient (Wildman–Crippen LogP) is 3.77. The molecule has 3 nitrogen and oxygen atoms in total. The minimum Gasteiger partial charge on any atom is -0.324 e. The highest BCUT2D eigenvalue weighted by atomic mass is 35.5. The third-order valence-electron chi connectivity index (χ3n) is 3.33. The summed E-state index contributed by atoms with van der Waals surface area (Å²) < 4.78 is 0. The van der Waals surface area contributed by atoms with Gasteiger partial charge in [-0.2, -0.15) is 0 Å². The van der Waals surface area contributed by atoms with Gasteiger partial charge in [0, 0.05) is 29.7 Å². The summed E-state index contributed by atoms with van der Waals surface area (Å²) in [5.74, 6) is 0.194. The van der Waals surface area contributed by atoms with Gasteiger partial charge in [0.05, 0.1) is 10.7 Å². The zero-order chi connectivity index (χ0) is 14.2. The molecule has 19 heavy (non-hydrogen) atoms. The van der Waals surface area contributed by atoms with Gasteiger partial charge in [-0.3, -0.25) is 9.59 Å². The fourth-order valence-electron chi connectivity index (χ4n) is 2.34. The van der Waals surface area contributed by atoms with Crippen molar-refractivity contribution in [3.63, 3.8) is 0 Å². The summed E-state index contributed by atoms with van der Waals surface area (Å²) in [5.41, 5.74) is 1.73. The van der Waals surface area contributed by atoms with Gasteiger partial charge in [-0.15, -0.1) is 11.6 Å². The van der Waals surface area contributed by atoms with E-state index >= 15 is 0 Å². The van der Waals surface area contributed by atoms with Crippen LogP contribution in [0.4, 0.5) is 5.69 Å². The second-order valence-electron chi connectivity index (χ2n) is 5.35. The Morgan fingerprint density at radius 3 is 2.74 bits per heavy atom. The lowest BCUT2D eigenvalue weighted by Crippen LogP contribution is -2.33. The second-order valence-corrected chi connectivity index (χ2v) is 6.14. The van der Waals surface area contributed by atoms with Crippen LogP contribution >= 0.6 is 23.2 Å². The summed E-state index contributed by atoms with van der Waals surface area (Å²) in [7, 11) is 0. The van der Waals surface area contributed by atoms with E-state index in [1.54, 1.807) is 6.07 Å². The molecule has 1 aromatic rings. The Labute approximate surface area is 122 Å². The number of nitrogens with one attached hydrogen (secondary N) is 1. The number of benzene rings is 1. The van der Waals surface area contributed by atoms with Gasteiger partial charge in [0.15, 0.2) is 5.78 Å². The van der Waals surface area contributed by atoms with Gasteiger partial charge >= 0.3 is 0 Å². The molecule has 1 heterocycles. The number of hydrogen-bond donors (Lipinski definition) is 1. The maximum Gasteiger partial charge on any atom is 0.225 e. The highest BCUT2D eigenvalue weighted by Crippen LogP contribution is 2.41. The fraction of sp³-hybridized carbons (Fsp3) is 0.429. The number of amides is 1. The van der Waals surface area contributed by atoms with E-state index in [0.717, 1.165) is 5.56 Å². The van der Waals surface area contributed by atoms with E-state index in [1.807, 2.05) is 19.9 Å². The van der Waals surface area contributed by atoms with Crippen LogP contribution in [0.1, 0.15) is 42.6 Å². The standard InChI is InChI=1S/C14H15Cl2NO2/c1-14(2)7-12(19)17-13-9(14)5-8(6-10(13)16)11(18)3-4-15/h5-6H,3-4,7H2,1-2H3,(H,17,19). The normalized spacial score (nSPS) is 16.7. The van der Waals surface area contributed by atoms with Gasteiger partial charge in [0.1, 0.15) is 0 Å². The van der Waals surface area contributed by atoms with Crippen molar-refractivity contribution in [2.75, 3.05) is 11.2 Å². The zero-order valence-electron chi connectivity index (χ0n) is 10.8. The van der Waals surface area contributed by atoms with Crippen LogP contribution in [-0.2, 0) is 10.2 Å². The molecule has 0 atom stereocenters. The average Bonchev–Trinajstić information content (AvgIpc) is 2.29. The van der Waals surface area contributed by atoms with Crippen molar-refractivity contribution in [3.8, 4) is 0 Å². The van der Waals surface area contributed by atoms with Crippen LogP contribution in [0.3, 0.4) is 0 Å². The summed E-state index contributed by atoms with van der Waals surface area (Å²) in [6.07, 6.45) is 0.660. The highest BCUT2D eigenvalue weighted by molar-refractivity contribution is 6.34. The third kappa shape index (κ3) is 2.77. The SMILES string of the molecule is CC1(C)CC(=O)Nc2c(Cl)cc(C(=O)CCCl)cc21. The van der Waals surface area contributed by atoms with E-state index in [-0.39, 0.29) is 29.4 Å². The number of anilines is 1. The van der Waals surface area contributed by atoms with Gasteiger partial charge in [-0.05, 0) is 17.7 Å². The molecule has 0 bridgehead atoms. The van der Waals surface area contributed by atoms with Crippen molar-refractivity contribution in [1.29, 1.82) is 0 Å². The molecule has 1 aromatic carbocycles. The maximum atomic E-state index is 11.9. The van der Waals surface area contributed by atoms with Crippen molar-refractivity contribution < 1.29 is 9.59 Å². The number of Topliss-reactive ketones (excluding diaryl/α,β-unsaturated/α-hetero) is 1. The Hall–Kier alpha value is -1.06. The first kappa shape index (κ1) is 14.4. The quantitative estimate of drug-likeness (QED) is 0.682. The Kier molecular flexibility index (Phi) is 3.88. The van der Waals surface area contributed by atoms with E-state index in [0.29, 0.717) is 22.7 Å². The molecule has 1 amide bonds. The highest BCUT2D eigenvalue weighted by Gasteiger charge is 2.33. The zero-order valence-corrected chi connectivity index (χ0v) is 12.4. The van der Waals surface area contributed by atoms with Crippen molar-refractivity contribution in [2.24, 2.45) is 0 Å². The van der Waals surface area contributed by atoms with Gasteiger partial charge in [-0.1, -0.05) is 25.4 Å². The van der Waals surface area contributed by atoms with Crippen molar-refractivity contribution in [2.45, 2.75) is 32.1 Å². The van der Waals surface area contributed by atoms with Gasteiger partial charge in [0.2, 0.25) is 5.91 Å². The fourth-order valence-corrected chi connectivity index (χ4v) is 2.78. The van der Waals surface area contributed by atoms with Crippen LogP contribution in [0, 0.1) is 0 Å². The Morgan fingerprint density at radius 1 is 1.42 bits per heavy atom. The lowest BCUT2D eigenvalue weighted by molar-refractivity contribution is -0.117. The number of halogens is 2. The molecule has 0 saturated heterocycles. The third-order valence-corrected chi connectivity index (χ3v) is 3.82. The molecule has 0 fully saturated rings. The first-order valence-corrected chi connectivity index (χ1v) is 6.99. The summed E-state index contributed by atoms with van der Waals surface area (Å²) >= 11 is 11.8. The number of fused-ring (bicyclic) bond motifs is 1. The molecule has 0 saturated carbocycles. The predicted molar refractivity (Wildman–Crippen MR) is 77.4 cm³/mol. The van der Waals surface area contributed by atoms with Crippen molar-refractivity contribution in [3.05, 3.63) is 28.3 Å². The first-order valence-electron chi connectivity index (χ1n) is 6.08. The van der Waals surface area contributed by atoms with E-state index in [9.17, 15) is 9.59 Å². The number of alkyl halides is 1. The Morgan fingerprint density at radius 2 is 2.11 bits per heavy atom. The van der Waals surface area contributed by atoms with Crippen LogP contribution in [0.5, 0.6) is 0 Å². The summed E-state index contributed by atoms with van der Waals surface area (Å²) in [5, 5.41) is 3.17. The van der Waals surface area contributed by atoms with Gasteiger partial charge in [0.25, 0.3) is 0 Å². The molecular weight excluding hydrogens is 285 g/mol. The van der Waals surface area contributed by atoms with Crippen LogP contribution in [0.2, 0.25) is 5.02 Å². The Balaban J connectivity index is 2.53. The topological polar surface area (TPSA) is 46.2 Å². The second kappa shape index (κ2) is 5.14. The number of carbonyl (C=O) groups is 2. The molecule has 0 aromatic heterocycles. The monoisotopic (exact) mass is 299 g/mol. The Bertz CT molecular complexity index is 553. The molecule has 1 aliphatic heterocycles. The molecule has 0 spiro atoms. The van der Waals surface area contributed by atoms with E-state index in [2.05, 4.69) is 5.32 Å². The van der Waals surface area contributed by atoms with Crippen LogP contribution in [-0.4, -0.2) is 17.6 Å². The maximum absolute atomic E-state index is 11.9. The van der Waals surface area contributed by atoms with E-state index in [1.165, 1.54) is 0 Å². The number of carbonyl (C=O) groups excluding carboxylic acids is 2. The molecular formula is C14H15Cl2NO2. The number of ketones is 1. The number of hydrogen-bond acceptors (Lipinski definition) is 2. The largest absolute Gasteiger partial charge is 0.324 e. The molecule has 2 rings (SSSR count). The summed E-state index contributed by atoms with van der Waals surface area (Å²) in [6.45, 7) is 3.94. The first-order chi connectivity index (χ1) is 8.85. The molecule has 0 unspecified atom stereocenters. The summed E-state index contributed by atoms with van der Waals surface area (Å²) in [4.78, 5) is 23.6. The van der Waals surface area contributed by atoms with Gasteiger partial charge in [-0.25, -0.2) is 0 Å². The molecule has 1 aliphatic rings. The lowest BCUT2D eigenvalue weighted by atomic mass is 9.77. The van der Waals surface area contributed by atoms with E-state index < -0.39 is 0 Å². The lowest BCUT2D eigenvalue weighted by Gasteiger charge is -2.33. The molecule has 5 heteroatoms. The van der Waals surface area contributed by atoms with Crippen LogP contribution in [0.15, 0.2) is 12.1 Å². The van der Waals surface area contributed by atoms with Crippen molar-refractivity contribution >= 4 is 40.6 Å². The van der Waals surface area contributed by atoms with Crippen LogP contribution < -0.4 is 5.32 Å². The molecule has 102 valence electrons. The minimum absolute atomic E-state index is 0.0348. The smallest absolute Gasteiger partial charge is 0.225 e. The molecule has 1 N–H and O–H groups in total. The van der Waals surface area contributed by atoms with Crippen molar-refractivity contribution in [1.82, 2.24) is 0 Å². The minimum atomic E-state index is -0.335. The van der Waals surface area contributed by atoms with Crippen LogP contribution in [0.25, 0.3) is 0 Å². The van der Waals surface area contributed by atoms with Gasteiger partial charge < -0.3 is 5.32 Å². The number of rotatable bonds is 3. The molecule has 0 radical (unpaired) electrons. The van der Waals surface area contributed by atoms with E-state index in [4.69, 9.17) is 23.2 Å².